The lowest BCUT2D eigenvalue weighted by Gasteiger charge is -2.34. The van der Waals surface area contributed by atoms with Crippen LogP contribution in [0.4, 0.5) is 18.3 Å². The predicted octanol–water partition coefficient (Wildman–Crippen LogP) is 2.51. The van der Waals surface area contributed by atoms with Gasteiger partial charge in [-0.25, -0.2) is 4.79 Å². The second-order valence-corrected chi connectivity index (χ2v) is 6.22. The number of carbonyl (C=O) groups is 2. The number of amides is 1. The van der Waals surface area contributed by atoms with E-state index in [1.807, 2.05) is 5.32 Å². The number of nitrogens with one attached hydrogen (secondary N) is 2. The van der Waals surface area contributed by atoms with E-state index in [9.17, 15) is 22.8 Å². The van der Waals surface area contributed by atoms with Crippen molar-refractivity contribution in [3.63, 3.8) is 0 Å². The molecule has 1 aromatic heterocycles. The lowest BCUT2D eigenvalue weighted by atomic mass is 10.1. The van der Waals surface area contributed by atoms with Crippen LogP contribution in [0, 0.1) is 6.92 Å². The molecule has 1 aromatic carbocycles. The van der Waals surface area contributed by atoms with Crippen LogP contribution in [0.1, 0.15) is 22.3 Å². The third-order valence-electron chi connectivity index (χ3n) is 3.16. The van der Waals surface area contributed by atoms with Crippen molar-refractivity contribution in [2.45, 2.75) is 25.7 Å². The Labute approximate surface area is 150 Å². The second-order valence-electron chi connectivity index (χ2n) is 5.04. The first kappa shape index (κ1) is 19.6. The average molecular weight is 388 g/mol. The molecule has 0 aliphatic carbocycles. The summed E-state index contributed by atoms with van der Waals surface area (Å²) in [4.78, 5) is 24.5. The smallest absolute Gasteiger partial charge is 0.442 e. The van der Waals surface area contributed by atoms with Gasteiger partial charge in [0.25, 0.3) is 5.91 Å². The number of halogens is 3. The van der Waals surface area contributed by atoms with Gasteiger partial charge in [-0.2, -0.15) is 13.2 Å². The molecule has 0 fully saturated rings. The van der Waals surface area contributed by atoms with Gasteiger partial charge in [0.2, 0.25) is 5.13 Å². The van der Waals surface area contributed by atoms with Gasteiger partial charge in [-0.3, -0.25) is 4.79 Å². The summed E-state index contributed by atoms with van der Waals surface area (Å²) in [5, 5.41) is 10.9. The Morgan fingerprint density at radius 3 is 2.35 bits per heavy atom. The monoisotopic (exact) mass is 388 g/mol. The van der Waals surface area contributed by atoms with E-state index in [2.05, 4.69) is 14.9 Å². The molecule has 1 amide bonds. The second kappa shape index (κ2) is 7.68. The fourth-order valence-corrected chi connectivity index (χ4v) is 2.62. The highest BCUT2D eigenvalue weighted by Crippen LogP contribution is 2.34. The third-order valence-corrected chi connectivity index (χ3v) is 3.92. The summed E-state index contributed by atoms with van der Waals surface area (Å²) in [6, 6.07) is 7.20. The lowest BCUT2D eigenvalue weighted by molar-refractivity contribution is -0.204. The van der Waals surface area contributed by atoms with Crippen LogP contribution in [0.5, 0.6) is 0 Å². The van der Waals surface area contributed by atoms with Gasteiger partial charge in [0.15, 0.2) is 0 Å². The molecule has 2 N–H and O–H groups in total. The summed E-state index contributed by atoms with van der Waals surface area (Å²) in [5.41, 5.74) is -3.57. The molecule has 2 rings (SSSR count). The minimum Gasteiger partial charge on any atom is -0.463 e. The quantitative estimate of drug-likeness (QED) is 0.584. The molecular weight excluding hydrogens is 373 g/mol. The molecular formula is C15H15F3N4O3S. The van der Waals surface area contributed by atoms with Gasteiger partial charge in [-0.1, -0.05) is 29.5 Å². The van der Waals surface area contributed by atoms with E-state index in [1.165, 1.54) is 38.1 Å². The fraction of sp³-hybridized carbons (Fsp3) is 0.333. The Kier molecular flexibility index (Phi) is 5.80. The Morgan fingerprint density at radius 1 is 1.19 bits per heavy atom. The molecule has 0 saturated carbocycles. The van der Waals surface area contributed by atoms with Crippen molar-refractivity contribution in [1.82, 2.24) is 15.5 Å². The van der Waals surface area contributed by atoms with Gasteiger partial charge < -0.3 is 15.4 Å². The maximum atomic E-state index is 13.9. The number of aromatic nitrogens is 2. The van der Waals surface area contributed by atoms with E-state index in [0.717, 1.165) is 11.3 Å². The number of hydrogen-bond acceptors (Lipinski definition) is 7. The number of hydrogen-bond donors (Lipinski definition) is 2. The van der Waals surface area contributed by atoms with Gasteiger partial charge >= 0.3 is 17.8 Å². The molecule has 26 heavy (non-hydrogen) atoms. The van der Waals surface area contributed by atoms with Crippen LogP contribution in [0.25, 0.3) is 0 Å². The number of nitrogens with zero attached hydrogens (tertiary/aromatic N) is 2. The summed E-state index contributed by atoms with van der Waals surface area (Å²) in [5.74, 6) is -2.81. The normalized spacial score (nSPS) is 13.6. The number of esters is 1. The maximum absolute atomic E-state index is 13.9. The predicted molar refractivity (Wildman–Crippen MR) is 87.6 cm³/mol. The van der Waals surface area contributed by atoms with Crippen molar-refractivity contribution in [3.8, 4) is 0 Å². The number of benzene rings is 1. The Bertz CT molecular complexity index is 782. The molecule has 11 heteroatoms. The minimum atomic E-state index is -5.22. The number of ether oxygens (including phenoxy) is 1. The first-order valence-electron chi connectivity index (χ1n) is 7.39. The van der Waals surface area contributed by atoms with Crippen LogP contribution in [-0.4, -0.2) is 40.5 Å². The SMILES string of the molecule is CCOC(=O)[C@](NC(=O)c1ccccc1)(Nc1nnc(C)s1)C(F)(F)F. The number of anilines is 1. The largest absolute Gasteiger partial charge is 0.463 e. The zero-order valence-corrected chi connectivity index (χ0v) is 14.6. The number of carbonyl (C=O) groups excluding carboxylic acids is 2. The molecule has 0 unspecified atom stereocenters. The zero-order valence-electron chi connectivity index (χ0n) is 13.8. The van der Waals surface area contributed by atoms with Crippen LogP contribution in [0.3, 0.4) is 0 Å². The van der Waals surface area contributed by atoms with Gasteiger partial charge in [0.1, 0.15) is 5.01 Å². The molecule has 140 valence electrons. The van der Waals surface area contributed by atoms with Crippen LogP contribution in [0.2, 0.25) is 0 Å². The van der Waals surface area contributed by atoms with E-state index in [0.29, 0.717) is 5.01 Å². The van der Waals surface area contributed by atoms with Crippen molar-refractivity contribution >= 4 is 28.3 Å². The van der Waals surface area contributed by atoms with E-state index in [1.54, 1.807) is 11.4 Å². The summed E-state index contributed by atoms with van der Waals surface area (Å²) < 4.78 is 46.3. The highest BCUT2D eigenvalue weighted by Gasteiger charge is 2.64. The van der Waals surface area contributed by atoms with E-state index in [4.69, 9.17) is 0 Å². The van der Waals surface area contributed by atoms with E-state index >= 15 is 0 Å². The van der Waals surface area contributed by atoms with E-state index < -0.39 is 23.7 Å². The van der Waals surface area contributed by atoms with Crippen LogP contribution in [0.15, 0.2) is 30.3 Å². The Morgan fingerprint density at radius 2 is 1.85 bits per heavy atom. The Balaban J connectivity index is 2.47. The van der Waals surface area contributed by atoms with Crippen molar-refractivity contribution < 1.29 is 27.5 Å². The zero-order chi connectivity index (χ0) is 19.4. The number of alkyl halides is 3. The van der Waals surface area contributed by atoms with Crippen LogP contribution < -0.4 is 10.6 Å². The van der Waals surface area contributed by atoms with Gasteiger partial charge in [-0.05, 0) is 26.0 Å². The molecule has 1 heterocycles. The molecule has 0 bridgehead atoms. The fourth-order valence-electron chi connectivity index (χ4n) is 1.97. The van der Waals surface area contributed by atoms with Crippen molar-refractivity contribution in [3.05, 3.63) is 40.9 Å². The van der Waals surface area contributed by atoms with Gasteiger partial charge in [0, 0.05) is 5.56 Å². The van der Waals surface area contributed by atoms with Crippen molar-refractivity contribution in [2.75, 3.05) is 11.9 Å². The average Bonchev–Trinajstić information content (AvgIpc) is 2.99. The maximum Gasteiger partial charge on any atom is 0.442 e. The first-order valence-corrected chi connectivity index (χ1v) is 8.21. The molecule has 7 nitrogen and oxygen atoms in total. The third kappa shape index (κ3) is 4.10. The first-order chi connectivity index (χ1) is 12.2. The molecule has 0 spiro atoms. The highest BCUT2D eigenvalue weighted by atomic mass is 32.1. The van der Waals surface area contributed by atoms with Crippen LogP contribution >= 0.6 is 11.3 Å². The standard InChI is InChI=1S/C15H15F3N4O3S/c1-3-25-12(24)14(15(16,17)18,20-13-22-21-9(2)26-13)19-11(23)10-7-5-4-6-8-10/h4-8H,3H2,1-2H3,(H,19,23)(H,20,22)/t14-/m0/s1. The van der Waals surface area contributed by atoms with Crippen molar-refractivity contribution in [2.24, 2.45) is 0 Å². The topological polar surface area (TPSA) is 93.2 Å². The van der Waals surface area contributed by atoms with Gasteiger partial charge in [0.05, 0.1) is 6.61 Å². The molecule has 2 aromatic rings. The van der Waals surface area contributed by atoms with Crippen LogP contribution in [-0.2, 0) is 9.53 Å². The summed E-state index contributed by atoms with van der Waals surface area (Å²) in [6.45, 7) is 2.58. The molecule has 0 aliphatic rings. The minimum absolute atomic E-state index is 0.0549. The van der Waals surface area contributed by atoms with Crippen molar-refractivity contribution in [1.29, 1.82) is 0 Å². The Hall–Kier alpha value is -2.69. The number of rotatable bonds is 6. The number of aryl methyl sites for hydroxylation is 1. The molecule has 0 radical (unpaired) electrons. The summed E-state index contributed by atoms with van der Waals surface area (Å²) in [6.07, 6.45) is -5.22. The molecule has 0 aliphatic heterocycles. The molecule has 1 atom stereocenters. The highest BCUT2D eigenvalue weighted by molar-refractivity contribution is 7.15. The molecule has 0 saturated heterocycles. The summed E-state index contributed by atoms with van der Waals surface area (Å²) >= 11 is 0.797. The van der Waals surface area contributed by atoms with E-state index in [-0.39, 0.29) is 17.3 Å². The lowest BCUT2D eigenvalue weighted by Crippen LogP contribution is -2.69. The van der Waals surface area contributed by atoms with Gasteiger partial charge in [-0.15, -0.1) is 10.2 Å². The summed E-state index contributed by atoms with van der Waals surface area (Å²) in [7, 11) is 0.